The van der Waals surface area contributed by atoms with Crippen molar-refractivity contribution >= 4 is 17.9 Å². The Morgan fingerprint density at radius 2 is 1.29 bits per heavy atom. The molecule has 1 rings (SSSR count). The van der Waals surface area contributed by atoms with Gasteiger partial charge in [0.05, 0.1) is 11.1 Å². The van der Waals surface area contributed by atoms with E-state index < -0.39 is 17.9 Å². The van der Waals surface area contributed by atoms with Crippen molar-refractivity contribution < 1.29 is 24.2 Å². The molecule has 5 nitrogen and oxygen atoms in total. The summed E-state index contributed by atoms with van der Waals surface area (Å²) in [5.41, 5.74) is -0.269. The first kappa shape index (κ1) is 26.6. The number of benzene rings is 1. The molecule has 1 N–H and O–H groups in total. The minimum Gasteiger partial charge on any atom is -0.478 e. The Morgan fingerprint density at radius 1 is 0.774 bits per heavy atom. The number of unbranched alkanes of at least 4 members (excludes halogenated alkanes) is 11. The number of carbonyl (C=O) groups is 3. The van der Waals surface area contributed by atoms with Gasteiger partial charge in [-0.15, -0.1) is 0 Å². The smallest absolute Gasteiger partial charge is 0.346 e. The van der Waals surface area contributed by atoms with Crippen LogP contribution in [0.3, 0.4) is 0 Å². The van der Waals surface area contributed by atoms with E-state index in [1.165, 1.54) is 69.2 Å². The lowest BCUT2D eigenvalue weighted by Crippen LogP contribution is -2.15. The Hall–Kier alpha value is -2.43. The van der Waals surface area contributed by atoms with Crippen LogP contribution in [0.25, 0.3) is 0 Å². The van der Waals surface area contributed by atoms with Crippen molar-refractivity contribution in [2.24, 2.45) is 0 Å². The van der Waals surface area contributed by atoms with Gasteiger partial charge in [-0.3, -0.25) is 4.79 Å². The van der Waals surface area contributed by atoms with Gasteiger partial charge in [-0.05, 0) is 44.2 Å². The summed E-state index contributed by atoms with van der Waals surface area (Å²) in [5.74, 6) is -2.74. The zero-order chi connectivity index (χ0) is 22.7. The number of carboxylic acid groups (broad SMARTS) is 1. The summed E-state index contributed by atoms with van der Waals surface area (Å²) in [6, 6.07) is 5.72. The largest absolute Gasteiger partial charge is 0.478 e. The number of rotatable bonds is 17. The van der Waals surface area contributed by atoms with Gasteiger partial charge >= 0.3 is 17.9 Å². The minimum atomic E-state index is -1.22. The van der Waals surface area contributed by atoms with Crippen molar-refractivity contribution in [1.82, 2.24) is 0 Å². The molecule has 0 atom stereocenters. The van der Waals surface area contributed by atoms with Gasteiger partial charge in [-0.2, -0.15) is 0 Å². The summed E-state index contributed by atoms with van der Waals surface area (Å²) < 4.78 is 4.80. The number of hydrogen-bond donors (Lipinski definition) is 1. The molecular weight excluding hydrogens is 392 g/mol. The van der Waals surface area contributed by atoms with Crippen LogP contribution >= 0.6 is 0 Å². The number of hydrogen-bond acceptors (Lipinski definition) is 4. The summed E-state index contributed by atoms with van der Waals surface area (Å²) in [4.78, 5) is 35.0. The highest BCUT2D eigenvalue weighted by Crippen LogP contribution is 2.13. The highest BCUT2D eigenvalue weighted by molar-refractivity contribution is 6.05. The maximum absolute atomic E-state index is 12.0. The lowest BCUT2D eigenvalue weighted by Gasteiger charge is -2.06. The zero-order valence-electron chi connectivity index (χ0n) is 18.9. The molecule has 0 radical (unpaired) electrons. The molecule has 0 unspecified atom stereocenters. The highest BCUT2D eigenvalue weighted by atomic mass is 16.6. The number of allylic oxidation sites excluding steroid dienone is 2. The van der Waals surface area contributed by atoms with E-state index in [1.807, 2.05) is 0 Å². The molecule has 172 valence electrons. The number of carbonyl (C=O) groups excluding carboxylic acids is 2. The molecule has 5 heteroatoms. The molecule has 1 aromatic rings. The first-order valence-electron chi connectivity index (χ1n) is 11.8. The topological polar surface area (TPSA) is 80.7 Å². The second-order valence-electron chi connectivity index (χ2n) is 7.95. The third kappa shape index (κ3) is 12.8. The van der Waals surface area contributed by atoms with Gasteiger partial charge in [0.25, 0.3) is 0 Å². The Bertz CT molecular complexity index is 693. The molecule has 0 aromatic heterocycles. The molecule has 0 aliphatic carbocycles. The van der Waals surface area contributed by atoms with Gasteiger partial charge in [-0.25, -0.2) is 9.59 Å². The van der Waals surface area contributed by atoms with E-state index in [2.05, 4.69) is 19.1 Å². The van der Waals surface area contributed by atoms with Crippen molar-refractivity contribution in [3.05, 3.63) is 47.5 Å². The van der Waals surface area contributed by atoms with Gasteiger partial charge in [0, 0.05) is 6.42 Å². The quantitative estimate of drug-likeness (QED) is 0.123. The zero-order valence-corrected chi connectivity index (χ0v) is 18.9. The second kappa shape index (κ2) is 17.3. The SMILES string of the molecule is CCCCCCCC/C=C\CCCCCCCC(=O)OC(=O)c1ccccc1C(=O)O. The summed E-state index contributed by atoms with van der Waals surface area (Å²) >= 11 is 0. The predicted molar refractivity (Wildman–Crippen MR) is 123 cm³/mol. The Morgan fingerprint density at radius 3 is 1.87 bits per heavy atom. The number of carboxylic acids is 1. The molecule has 0 bridgehead atoms. The molecule has 1 aromatic carbocycles. The molecular formula is C26H38O5. The molecule has 0 heterocycles. The number of esters is 2. The molecule has 0 amide bonds. The van der Waals surface area contributed by atoms with Crippen LogP contribution in [0.2, 0.25) is 0 Å². The van der Waals surface area contributed by atoms with Crippen LogP contribution in [-0.2, 0) is 9.53 Å². The third-order valence-corrected chi connectivity index (χ3v) is 5.23. The fourth-order valence-corrected chi connectivity index (χ4v) is 3.40. The fraction of sp³-hybridized carbons (Fsp3) is 0.577. The summed E-state index contributed by atoms with van der Waals surface area (Å²) in [7, 11) is 0. The monoisotopic (exact) mass is 430 g/mol. The van der Waals surface area contributed by atoms with Crippen LogP contribution in [0, 0.1) is 0 Å². The average Bonchev–Trinajstić information content (AvgIpc) is 2.76. The van der Waals surface area contributed by atoms with E-state index >= 15 is 0 Å². The van der Waals surface area contributed by atoms with Gasteiger partial charge in [0.2, 0.25) is 0 Å². The van der Waals surface area contributed by atoms with Crippen molar-refractivity contribution in [1.29, 1.82) is 0 Å². The Kier molecular flexibility index (Phi) is 14.8. The first-order chi connectivity index (χ1) is 15.1. The maximum atomic E-state index is 12.0. The maximum Gasteiger partial charge on any atom is 0.346 e. The molecule has 0 saturated carbocycles. The first-order valence-corrected chi connectivity index (χ1v) is 11.8. The molecule has 0 spiro atoms. The predicted octanol–water partition coefficient (Wildman–Crippen LogP) is 7.11. The standard InChI is InChI=1S/C26H38O5/c1-2-3-4-5-6-7-8-9-10-11-12-13-14-15-16-21-24(27)31-26(30)23-20-18-17-19-22(23)25(28)29/h9-10,17-20H,2-8,11-16,21H2,1H3,(H,28,29)/b10-9-. The minimum absolute atomic E-state index is 0.104. The molecule has 0 saturated heterocycles. The van der Waals surface area contributed by atoms with Crippen LogP contribution < -0.4 is 0 Å². The van der Waals surface area contributed by atoms with Crippen LogP contribution in [0.5, 0.6) is 0 Å². The Balaban J connectivity index is 2.03. The molecule has 0 aliphatic heterocycles. The second-order valence-corrected chi connectivity index (χ2v) is 7.95. The van der Waals surface area contributed by atoms with Crippen LogP contribution in [0.15, 0.2) is 36.4 Å². The lowest BCUT2D eigenvalue weighted by atomic mass is 10.1. The van der Waals surface area contributed by atoms with Crippen molar-refractivity contribution in [2.75, 3.05) is 0 Å². The third-order valence-electron chi connectivity index (χ3n) is 5.23. The normalized spacial score (nSPS) is 11.0. The average molecular weight is 431 g/mol. The molecule has 0 fully saturated rings. The Labute approximate surface area is 186 Å². The highest BCUT2D eigenvalue weighted by Gasteiger charge is 2.19. The van der Waals surface area contributed by atoms with Crippen molar-refractivity contribution in [2.45, 2.75) is 96.8 Å². The lowest BCUT2D eigenvalue weighted by molar-refractivity contribution is -0.138. The summed E-state index contributed by atoms with van der Waals surface area (Å²) in [5, 5.41) is 9.10. The van der Waals surface area contributed by atoms with E-state index in [9.17, 15) is 14.4 Å². The van der Waals surface area contributed by atoms with Gasteiger partial charge in [0.15, 0.2) is 0 Å². The van der Waals surface area contributed by atoms with Gasteiger partial charge in [0.1, 0.15) is 0 Å². The summed E-state index contributed by atoms with van der Waals surface area (Å²) in [6.07, 6.45) is 20.0. The van der Waals surface area contributed by atoms with Crippen LogP contribution in [0.4, 0.5) is 0 Å². The van der Waals surface area contributed by atoms with Crippen LogP contribution in [-0.4, -0.2) is 23.0 Å². The summed E-state index contributed by atoms with van der Waals surface area (Å²) in [6.45, 7) is 2.24. The van der Waals surface area contributed by atoms with Crippen molar-refractivity contribution in [3.63, 3.8) is 0 Å². The van der Waals surface area contributed by atoms with Gasteiger partial charge in [-0.1, -0.05) is 82.6 Å². The molecule has 0 aliphatic rings. The number of ether oxygens (including phenoxy) is 1. The molecule has 31 heavy (non-hydrogen) atoms. The van der Waals surface area contributed by atoms with E-state index in [0.29, 0.717) is 6.42 Å². The fourth-order valence-electron chi connectivity index (χ4n) is 3.40. The van der Waals surface area contributed by atoms with E-state index in [1.54, 1.807) is 0 Å². The van der Waals surface area contributed by atoms with Crippen molar-refractivity contribution in [3.8, 4) is 0 Å². The van der Waals surface area contributed by atoms with Gasteiger partial charge < -0.3 is 9.84 Å². The van der Waals surface area contributed by atoms with E-state index in [4.69, 9.17) is 9.84 Å². The van der Waals surface area contributed by atoms with Crippen LogP contribution in [0.1, 0.15) is 118 Å². The van der Waals surface area contributed by atoms with E-state index in [-0.39, 0.29) is 17.5 Å². The number of aromatic carboxylic acids is 1. The van der Waals surface area contributed by atoms with E-state index in [0.717, 1.165) is 32.1 Å².